The first-order chi connectivity index (χ1) is 36.2. The third-order valence-electron chi connectivity index (χ3n) is 12.1. The Balaban J connectivity index is 1.78. The fraction of sp³-hybridized carbons (Fsp3) is 0.469. The van der Waals surface area contributed by atoms with Crippen LogP contribution in [0.4, 0.5) is 0 Å². The number of hydrogen-bond acceptors (Lipinski definition) is 12. The molecule has 0 saturated carbocycles. The lowest BCUT2D eigenvalue weighted by Crippen LogP contribution is -2.60. The molecule has 1 aromatic heterocycles. The summed E-state index contributed by atoms with van der Waals surface area (Å²) in [4.78, 5) is 148. The molecule has 0 radical (unpaired) electrons. The van der Waals surface area contributed by atoms with E-state index in [9.17, 15) is 47.9 Å². The summed E-state index contributed by atoms with van der Waals surface area (Å²) in [5.41, 5.74) is 35.2. The number of H-pyrrole nitrogens is 1. The van der Waals surface area contributed by atoms with Gasteiger partial charge in [-0.15, -0.1) is 0 Å². The SMILES string of the molecule is CC(=O)N[C@@H](CCCN=C(N)N)C(=O)NC1CCC(=O)NCCCC(C(N)=O)NC(=O)[C@H](Cc2c[nH]c3ccccc23)NC(=O)[C@H](CCCN=C(N)N)NC(=O)C(Cc2ccccc2)NC(=O)[C@H](CCC(N)=O)NC1=O. The average Bonchev–Trinajstić information content (AvgIpc) is 3.78. The standard InChI is InChI=1S/C49H71N17O10/c1-27(67)60-33(15-8-22-57-48(52)53)42(71)64-36-18-20-40(69)56-21-7-14-32(41(51)70)61-47(76)38(25-29-26-59-31-13-6-5-12-30(29)31)66-43(72)34(16-9-23-58-49(54)55)62-46(75)37(24-28-10-3-2-4-11-28)65-45(74)35(63-44(36)73)17-19-39(50)68/h2-6,10-13,26,32-38,59H,7-9,14-25H2,1H3,(H2,50,68)(H2,51,70)(H,56,69)(H,60,67)(H,61,76)(H,62,75)(H,63,73)(H,64,71)(H,65,74)(H,66,72)(H4,52,53,57)(H4,54,55,58)/t32?,33-,34-,35-,36?,37?,38-/m0/s1. The minimum absolute atomic E-state index is 0.0157. The number of aromatic nitrogens is 1. The molecule has 1 aliphatic heterocycles. The van der Waals surface area contributed by atoms with Crippen molar-refractivity contribution >= 4 is 81.9 Å². The number of fused-ring (bicyclic) bond motifs is 1. The van der Waals surface area contributed by atoms with E-state index in [1.54, 1.807) is 42.6 Å². The first-order valence-electron chi connectivity index (χ1n) is 24.8. The van der Waals surface area contributed by atoms with E-state index in [1.165, 1.54) is 6.92 Å². The molecular weight excluding hydrogens is 987 g/mol. The van der Waals surface area contributed by atoms with Gasteiger partial charge in [0.05, 0.1) is 0 Å². The van der Waals surface area contributed by atoms with Crippen molar-refractivity contribution in [1.29, 1.82) is 0 Å². The fourth-order valence-electron chi connectivity index (χ4n) is 8.22. The van der Waals surface area contributed by atoms with Crippen LogP contribution < -0.4 is 76.9 Å². The summed E-state index contributed by atoms with van der Waals surface area (Å²) in [5, 5.41) is 21.8. The molecule has 3 aromatic rings. The average molecular weight is 1060 g/mol. The third-order valence-corrected chi connectivity index (χ3v) is 12.1. The van der Waals surface area contributed by atoms with E-state index in [0.29, 0.717) is 11.1 Å². The van der Waals surface area contributed by atoms with Crippen LogP contribution in [0.2, 0.25) is 0 Å². The smallest absolute Gasteiger partial charge is 0.243 e. The summed E-state index contributed by atoms with van der Waals surface area (Å²) >= 11 is 0. The maximum Gasteiger partial charge on any atom is 0.243 e. The van der Waals surface area contributed by atoms with E-state index >= 15 is 0 Å². The molecule has 0 bridgehead atoms. The second-order valence-electron chi connectivity index (χ2n) is 18.2. The summed E-state index contributed by atoms with van der Waals surface area (Å²) < 4.78 is 0. The van der Waals surface area contributed by atoms with Crippen molar-refractivity contribution < 1.29 is 47.9 Å². The van der Waals surface area contributed by atoms with Gasteiger partial charge in [-0.3, -0.25) is 57.9 Å². The number of hydrogen-bond donors (Lipinski definition) is 15. The van der Waals surface area contributed by atoms with Crippen molar-refractivity contribution in [3.8, 4) is 0 Å². The number of carbonyl (C=O) groups excluding carboxylic acids is 10. The summed E-state index contributed by atoms with van der Waals surface area (Å²) in [6.45, 7) is 1.26. The number of para-hydroxylation sites is 1. The van der Waals surface area contributed by atoms with E-state index in [0.717, 1.165) is 10.9 Å². The molecule has 10 amide bonds. The minimum Gasteiger partial charge on any atom is -0.370 e. The molecule has 76 heavy (non-hydrogen) atoms. The molecule has 2 aromatic carbocycles. The third kappa shape index (κ3) is 20.6. The highest BCUT2D eigenvalue weighted by Gasteiger charge is 2.35. The predicted molar refractivity (Wildman–Crippen MR) is 280 cm³/mol. The van der Waals surface area contributed by atoms with Crippen LogP contribution in [0.25, 0.3) is 10.9 Å². The number of rotatable bonds is 19. The number of primary amides is 2. The lowest BCUT2D eigenvalue weighted by Gasteiger charge is -2.28. The Labute approximate surface area is 438 Å². The van der Waals surface area contributed by atoms with Crippen LogP contribution in [0, 0.1) is 0 Å². The molecule has 2 heterocycles. The van der Waals surface area contributed by atoms with Crippen molar-refractivity contribution in [2.45, 2.75) is 126 Å². The summed E-state index contributed by atoms with van der Waals surface area (Å²) in [6, 6.07) is 5.84. The highest BCUT2D eigenvalue weighted by molar-refractivity contribution is 5.98. The van der Waals surface area contributed by atoms with Gasteiger partial charge in [-0.2, -0.15) is 0 Å². The number of amides is 10. The molecule has 1 fully saturated rings. The second kappa shape index (κ2) is 30.4. The zero-order chi connectivity index (χ0) is 55.7. The van der Waals surface area contributed by atoms with Crippen LogP contribution in [0.3, 0.4) is 0 Å². The number of aromatic amines is 1. The van der Waals surface area contributed by atoms with Crippen LogP contribution >= 0.6 is 0 Å². The van der Waals surface area contributed by atoms with Crippen LogP contribution in [0.5, 0.6) is 0 Å². The Hall–Kier alpha value is -8.78. The first-order valence-corrected chi connectivity index (χ1v) is 24.8. The Morgan fingerprint density at radius 2 is 1.25 bits per heavy atom. The molecule has 3 unspecified atom stereocenters. The van der Waals surface area contributed by atoms with E-state index < -0.39 is 114 Å². The van der Waals surface area contributed by atoms with Crippen molar-refractivity contribution in [1.82, 2.24) is 47.5 Å². The highest BCUT2D eigenvalue weighted by Crippen LogP contribution is 2.20. The molecular formula is C49H71N17O10. The monoisotopic (exact) mass is 1060 g/mol. The molecule has 27 nitrogen and oxygen atoms in total. The van der Waals surface area contributed by atoms with Crippen LogP contribution in [-0.2, 0) is 60.8 Å². The number of carbonyl (C=O) groups is 10. The molecule has 1 saturated heterocycles. The summed E-state index contributed by atoms with van der Waals surface area (Å²) in [5.74, 6) is -8.69. The largest absolute Gasteiger partial charge is 0.370 e. The number of aliphatic imine (C=N–C) groups is 2. The minimum atomic E-state index is -1.59. The van der Waals surface area contributed by atoms with Crippen LogP contribution in [-0.4, -0.2) is 138 Å². The number of nitrogens with two attached hydrogens (primary N) is 6. The molecule has 21 N–H and O–H groups in total. The Morgan fingerprint density at radius 1 is 0.671 bits per heavy atom. The molecule has 4 rings (SSSR count). The van der Waals surface area contributed by atoms with Gasteiger partial charge >= 0.3 is 0 Å². The lowest BCUT2D eigenvalue weighted by molar-refractivity contribution is -0.136. The van der Waals surface area contributed by atoms with E-state index in [2.05, 4.69) is 57.5 Å². The molecule has 1 aliphatic rings. The van der Waals surface area contributed by atoms with Gasteiger partial charge in [-0.05, 0) is 68.6 Å². The lowest BCUT2D eigenvalue weighted by atomic mass is 10.0. The molecule has 0 aliphatic carbocycles. The number of nitrogens with zero attached hydrogens (tertiary/aromatic N) is 2. The normalized spacial score (nSPS) is 20.9. The Kier molecular flexibility index (Phi) is 23.9. The molecule has 27 heteroatoms. The fourth-order valence-corrected chi connectivity index (χ4v) is 8.22. The van der Waals surface area contributed by atoms with Crippen LogP contribution in [0.1, 0.15) is 82.3 Å². The second-order valence-corrected chi connectivity index (χ2v) is 18.2. The first kappa shape index (κ1) is 59.8. The van der Waals surface area contributed by atoms with Gasteiger partial charge in [0.1, 0.15) is 42.3 Å². The zero-order valence-corrected chi connectivity index (χ0v) is 42.4. The number of nitrogens with one attached hydrogen (secondary N) is 9. The maximum absolute atomic E-state index is 14.6. The van der Waals surface area contributed by atoms with Gasteiger partial charge in [0.25, 0.3) is 0 Å². The van der Waals surface area contributed by atoms with Crippen molar-refractivity contribution in [3.05, 3.63) is 71.9 Å². The molecule has 412 valence electrons. The van der Waals surface area contributed by atoms with Gasteiger partial charge in [-0.25, -0.2) is 0 Å². The maximum atomic E-state index is 14.6. The van der Waals surface area contributed by atoms with E-state index in [4.69, 9.17) is 34.4 Å². The summed E-state index contributed by atoms with van der Waals surface area (Å²) in [7, 11) is 0. The summed E-state index contributed by atoms with van der Waals surface area (Å²) in [6.07, 6.45) is 0.132. The van der Waals surface area contributed by atoms with Crippen molar-refractivity contribution in [2.75, 3.05) is 19.6 Å². The number of guanidine groups is 2. The zero-order valence-electron chi connectivity index (χ0n) is 42.4. The van der Waals surface area contributed by atoms with Crippen LogP contribution in [0.15, 0.2) is 70.8 Å². The predicted octanol–water partition coefficient (Wildman–Crippen LogP) is -4.09. The quantitative estimate of drug-likeness (QED) is 0.0309. The van der Waals surface area contributed by atoms with E-state index in [1.807, 2.05) is 18.2 Å². The van der Waals surface area contributed by atoms with Gasteiger partial charge in [0, 0.05) is 69.3 Å². The van der Waals surface area contributed by atoms with Gasteiger partial charge < -0.3 is 81.9 Å². The van der Waals surface area contributed by atoms with Gasteiger partial charge in [-0.1, -0.05) is 48.5 Å². The van der Waals surface area contributed by atoms with Gasteiger partial charge in [0.2, 0.25) is 59.1 Å². The highest BCUT2D eigenvalue weighted by atomic mass is 16.2. The van der Waals surface area contributed by atoms with Crippen molar-refractivity contribution in [2.24, 2.45) is 44.4 Å². The van der Waals surface area contributed by atoms with E-state index in [-0.39, 0.29) is 95.8 Å². The molecule has 0 spiro atoms. The van der Waals surface area contributed by atoms with Gasteiger partial charge in [0.15, 0.2) is 11.9 Å². The molecule has 7 atom stereocenters. The Bertz CT molecular complexity index is 2580. The van der Waals surface area contributed by atoms with Crippen molar-refractivity contribution in [3.63, 3.8) is 0 Å². The Morgan fingerprint density at radius 3 is 1.89 bits per heavy atom. The number of benzene rings is 2. The topological polar surface area (TPSA) is 464 Å².